The largest absolute Gasteiger partial charge is 0.353 e. The summed E-state index contributed by atoms with van der Waals surface area (Å²) in [6.07, 6.45) is -1.27. The molecule has 0 bridgehead atoms. The Kier molecular flexibility index (Phi) is 1.19. The summed E-state index contributed by atoms with van der Waals surface area (Å²) >= 11 is 0. The first-order valence-electron chi connectivity index (χ1n) is 2.63. The third-order valence-corrected chi connectivity index (χ3v) is 1.35. The average Bonchev–Trinajstić information content (AvgIpc) is 1.98. The second kappa shape index (κ2) is 1.73. The first kappa shape index (κ1) is 5.54. The van der Waals surface area contributed by atoms with Crippen molar-refractivity contribution in [2.45, 2.75) is 13.1 Å². The molecule has 0 aromatic carbocycles. The van der Waals surface area contributed by atoms with Gasteiger partial charge in [0.15, 0.2) is 6.17 Å². The van der Waals surface area contributed by atoms with E-state index in [-0.39, 0.29) is 5.92 Å². The Morgan fingerprint density at radius 3 is 2.62 bits per heavy atom. The van der Waals surface area contributed by atoms with E-state index in [1.165, 1.54) is 0 Å². The molecular weight excluding hydrogens is 109 g/mol. The number of carbonyl (C=O) groups is 1. The van der Waals surface area contributed by atoms with E-state index >= 15 is 0 Å². The van der Waals surface area contributed by atoms with Gasteiger partial charge in [-0.25, -0.2) is 4.39 Å². The van der Waals surface area contributed by atoms with E-state index in [4.69, 9.17) is 0 Å². The first-order valence-corrected chi connectivity index (χ1v) is 2.63. The zero-order valence-electron chi connectivity index (χ0n) is 4.65. The summed E-state index contributed by atoms with van der Waals surface area (Å²) in [7, 11) is 0. The lowest BCUT2D eigenvalue weighted by atomic mass is 10.1. The number of hydrogen-bond donors (Lipinski definition) is 1. The van der Waals surface area contributed by atoms with Crippen molar-refractivity contribution in [3.05, 3.63) is 0 Å². The monoisotopic (exact) mass is 117 g/mol. The zero-order chi connectivity index (χ0) is 6.15. The topological polar surface area (TPSA) is 29.1 Å². The zero-order valence-corrected chi connectivity index (χ0v) is 4.65. The van der Waals surface area contributed by atoms with Crippen LogP contribution in [-0.4, -0.2) is 18.6 Å². The standard InChI is InChI=1S/C5H8FNO/c1-3-2-7-5(8)4(3)6/h3-4H,2H2,1H3,(H,7,8)/t3-,4-/m0/s1. The molecule has 2 atom stereocenters. The lowest BCUT2D eigenvalue weighted by Crippen LogP contribution is -2.19. The molecule has 1 aliphatic heterocycles. The quantitative estimate of drug-likeness (QED) is 0.478. The number of halogens is 1. The van der Waals surface area contributed by atoms with Crippen molar-refractivity contribution in [1.29, 1.82) is 0 Å². The van der Waals surface area contributed by atoms with E-state index in [0.29, 0.717) is 6.54 Å². The molecule has 46 valence electrons. The highest BCUT2D eigenvalue weighted by Gasteiger charge is 2.30. The normalized spacial score (nSPS) is 37.5. The lowest BCUT2D eigenvalue weighted by Gasteiger charge is -1.96. The SMILES string of the molecule is C[C@H]1CNC(=O)[C@H]1F. The van der Waals surface area contributed by atoms with Crippen LogP contribution in [0.4, 0.5) is 4.39 Å². The van der Waals surface area contributed by atoms with Crippen molar-refractivity contribution in [2.75, 3.05) is 6.54 Å². The van der Waals surface area contributed by atoms with E-state index in [1.54, 1.807) is 6.92 Å². The summed E-state index contributed by atoms with van der Waals surface area (Å²) < 4.78 is 12.3. The summed E-state index contributed by atoms with van der Waals surface area (Å²) in [4.78, 5) is 10.3. The molecule has 1 N–H and O–H groups in total. The van der Waals surface area contributed by atoms with Gasteiger partial charge in [0.05, 0.1) is 0 Å². The van der Waals surface area contributed by atoms with E-state index < -0.39 is 12.1 Å². The number of alkyl halides is 1. The Morgan fingerprint density at radius 2 is 2.50 bits per heavy atom. The lowest BCUT2D eigenvalue weighted by molar-refractivity contribution is -0.123. The van der Waals surface area contributed by atoms with Crippen molar-refractivity contribution in [3.63, 3.8) is 0 Å². The summed E-state index contributed by atoms with van der Waals surface area (Å²) in [5, 5.41) is 2.41. The van der Waals surface area contributed by atoms with Crippen molar-refractivity contribution >= 4 is 5.91 Å². The van der Waals surface area contributed by atoms with E-state index in [9.17, 15) is 9.18 Å². The minimum absolute atomic E-state index is 0.137. The van der Waals surface area contributed by atoms with Gasteiger partial charge in [0.25, 0.3) is 5.91 Å². The summed E-state index contributed by atoms with van der Waals surface area (Å²) in [6, 6.07) is 0. The molecule has 0 spiro atoms. The Bertz CT molecular complexity index is 115. The fourth-order valence-electron chi connectivity index (χ4n) is 0.721. The van der Waals surface area contributed by atoms with Gasteiger partial charge in [-0.3, -0.25) is 4.79 Å². The van der Waals surface area contributed by atoms with Gasteiger partial charge in [0.1, 0.15) is 0 Å². The Balaban J connectivity index is 2.56. The average molecular weight is 117 g/mol. The molecule has 0 saturated carbocycles. The number of amides is 1. The predicted molar refractivity (Wildman–Crippen MR) is 27.1 cm³/mol. The number of nitrogens with one attached hydrogen (secondary N) is 1. The highest BCUT2D eigenvalue weighted by Crippen LogP contribution is 2.11. The van der Waals surface area contributed by atoms with Crippen LogP contribution in [0.3, 0.4) is 0 Å². The molecule has 8 heavy (non-hydrogen) atoms. The van der Waals surface area contributed by atoms with Gasteiger partial charge in [-0.15, -0.1) is 0 Å². The molecule has 0 unspecified atom stereocenters. The van der Waals surface area contributed by atoms with E-state index in [1.807, 2.05) is 0 Å². The van der Waals surface area contributed by atoms with Crippen molar-refractivity contribution in [3.8, 4) is 0 Å². The van der Waals surface area contributed by atoms with Crippen LogP contribution < -0.4 is 5.32 Å². The molecule has 0 radical (unpaired) electrons. The number of hydrogen-bond acceptors (Lipinski definition) is 1. The highest BCUT2D eigenvalue weighted by atomic mass is 19.1. The number of carbonyl (C=O) groups excluding carboxylic acids is 1. The predicted octanol–water partition coefficient (Wildman–Crippen LogP) is 0.0904. The van der Waals surface area contributed by atoms with Gasteiger partial charge in [-0.05, 0) is 0 Å². The van der Waals surface area contributed by atoms with Gasteiger partial charge < -0.3 is 5.32 Å². The molecule has 1 amide bonds. The molecular formula is C5H8FNO. The van der Waals surface area contributed by atoms with Crippen LogP contribution in [0.5, 0.6) is 0 Å². The fraction of sp³-hybridized carbons (Fsp3) is 0.800. The van der Waals surface area contributed by atoms with Crippen LogP contribution in [-0.2, 0) is 4.79 Å². The Hall–Kier alpha value is -0.600. The molecule has 0 aromatic heterocycles. The highest BCUT2D eigenvalue weighted by molar-refractivity contribution is 5.83. The van der Waals surface area contributed by atoms with Crippen LogP contribution in [0.25, 0.3) is 0 Å². The molecule has 0 aromatic rings. The fourth-order valence-corrected chi connectivity index (χ4v) is 0.721. The van der Waals surface area contributed by atoms with E-state index in [0.717, 1.165) is 0 Å². The summed E-state index contributed by atoms with van der Waals surface area (Å²) in [5.41, 5.74) is 0. The minimum atomic E-state index is -1.27. The molecule has 1 aliphatic rings. The van der Waals surface area contributed by atoms with Gasteiger partial charge in [0, 0.05) is 12.5 Å². The van der Waals surface area contributed by atoms with Crippen LogP contribution in [0.1, 0.15) is 6.92 Å². The molecule has 1 rings (SSSR count). The Labute approximate surface area is 47.1 Å². The van der Waals surface area contributed by atoms with Crippen LogP contribution in [0, 0.1) is 5.92 Å². The molecule has 1 saturated heterocycles. The van der Waals surface area contributed by atoms with Crippen LogP contribution in [0.15, 0.2) is 0 Å². The smallest absolute Gasteiger partial charge is 0.254 e. The second-order valence-electron chi connectivity index (χ2n) is 2.12. The minimum Gasteiger partial charge on any atom is -0.353 e. The van der Waals surface area contributed by atoms with Crippen molar-refractivity contribution in [2.24, 2.45) is 5.92 Å². The van der Waals surface area contributed by atoms with Crippen LogP contribution in [0.2, 0.25) is 0 Å². The van der Waals surface area contributed by atoms with Crippen molar-refractivity contribution < 1.29 is 9.18 Å². The Morgan fingerprint density at radius 1 is 1.88 bits per heavy atom. The maximum absolute atomic E-state index is 12.3. The van der Waals surface area contributed by atoms with Gasteiger partial charge in [-0.1, -0.05) is 6.92 Å². The first-order chi connectivity index (χ1) is 3.72. The maximum Gasteiger partial charge on any atom is 0.254 e. The van der Waals surface area contributed by atoms with Gasteiger partial charge >= 0.3 is 0 Å². The van der Waals surface area contributed by atoms with Gasteiger partial charge in [0.2, 0.25) is 0 Å². The number of rotatable bonds is 0. The van der Waals surface area contributed by atoms with Crippen molar-refractivity contribution in [1.82, 2.24) is 5.32 Å². The third kappa shape index (κ3) is 0.680. The molecule has 1 heterocycles. The summed E-state index contributed by atoms with van der Waals surface area (Å²) in [5.74, 6) is -0.597. The molecule has 3 heteroatoms. The third-order valence-electron chi connectivity index (χ3n) is 1.35. The second-order valence-corrected chi connectivity index (χ2v) is 2.12. The molecule has 1 fully saturated rings. The maximum atomic E-state index is 12.3. The van der Waals surface area contributed by atoms with Crippen LogP contribution >= 0.6 is 0 Å². The molecule has 0 aliphatic carbocycles. The summed E-state index contributed by atoms with van der Waals surface area (Å²) in [6.45, 7) is 2.20. The van der Waals surface area contributed by atoms with E-state index in [2.05, 4.69) is 5.32 Å². The van der Waals surface area contributed by atoms with Gasteiger partial charge in [-0.2, -0.15) is 0 Å². The molecule has 2 nitrogen and oxygen atoms in total.